The molecule has 22 heavy (non-hydrogen) atoms. The van der Waals surface area contributed by atoms with Gasteiger partial charge in [0.15, 0.2) is 5.82 Å². The van der Waals surface area contributed by atoms with Crippen molar-refractivity contribution in [2.45, 2.75) is 39.5 Å². The smallest absolute Gasteiger partial charge is 0.166 e. The van der Waals surface area contributed by atoms with Crippen molar-refractivity contribution in [3.05, 3.63) is 30.9 Å². The highest BCUT2D eigenvalue weighted by molar-refractivity contribution is 5.64. The zero-order chi connectivity index (χ0) is 15.8. The van der Waals surface area contributed by atoms with Gasteiger partial charge in [0.25, 0.3) is 0 Å². The minimum absolute atomic E-state index is 0.116. The number of phenolic OH excluding ortho intramolecular Hbond substituents is 1. The van der Waals surface area contributed by atoms with Gasteiger partial charge in [-0.1, -0.05) is 33.1 Å². The van der Waals surface area contributed by atoms with Crippen LogP contribution in [-0.4, -0.2) is 26.7 Å². The maximum absolute atomic E-state index is 10.1. The molecule has 0 bridgehead atoms. The first-order valence-corrected chi connectivity index (χ1v) is 7.82. The van der Waals surface area contributed by atoms with Crippen LogP contribution in [0.2, 0.25) is 0 Å². The summed E-state index contributed by atoms with van der Waals surface area (Å²) in [5.74, 6) is 1.80. The highest BCUT2D eigenvalue weighted by Gasteiger charge is 2.10. The minimum Gasteiger partial charge on any atom is -0.507 e. The Bertz CT molecular complexity index is 575. The van der Waals surface area contributed by atoms with E-state index in [0.29, 0.717) is 29.7 Å². The molecule has 1 N–H and O–H groups in total. The molecule has 0 aliphatic rings. The van der Waals surface area contributed by atoms with E-state index in [2.05, 4.69) is 28.8 Å². The van der Waals surface area contributed by atoms with Crippen LogP contribution in [0.25, 0.3) is 11.4 Å². The second-order valence-corrected chi connectivity index (χ2v) is 5.37. The highest BCUT2D eigenvalue weighted by Crippen LogP contribution is 2.30. The lowest BCUT2D eigenvalue weighted by Gasteiger charge is -2.16. The van der Waals surface area contributed by atoms with Crippen molar-refractivity contribution in [1.29, 1.82) is 0 Å². The Morgan fingerprint density at radius 3 is 2.59 bits per heavy atom. The van der Waals surface area contributed by atoms with Gasteiger partial charge >= 0.3 is 0 Å². The molecule has 0 saturated heterocycles. The number of hydrogen-bond acceptors (Lipinski definition) is 5. The first kappa shape index (κ1) is 16.2. The van der Waals surface area contributed by atoms with E-state index in [1.165, 1.54) is 31.9 Å². The average molecular weight is 301 g/mol. The van der Waals surface area contributed by atoms with Gasteiger partial charge < -0.3 is 9.84 Å². The molecule has 0 fully saturated rings. The van der Waals surface area contributed by atoms with Crippen molar-refractivity contribution in [2.24, 2.45) is 5.92 Å². The van der Waals surface area contributed by atoms with Crippen LogP contribution >= 0.6 is 0 Å². The summed E-state index contributed by atoms with van der Waals surface area (Å²) in [4.78, 5) is 11.8. The van der Waals surface area contributed by atoms with Gasteiger partial charge in [-0.25, -0.2) is 15.0 Å². The maximum Gasteiger partial charge on any atom is 0.166 e. The van der Waals surface area contributed by atoms with Crippen LogP contribution in [-0.2, 0) is 0 Å². The van der Waals surface area contributed by atoms with Gasteiger partial charge in [0, 0.05) is 6.07 Å². The third-order valence-electron chi connectivity index (χ3n) is 3.73. The van der Waals surface area contributed by atoms with Gasteiger partial charge in [-0.05, 0) is 24.5 Å². The fourth-order valence-corrected chi connectivity index (χ4v) is 2.28. The maximum atomic E-state index is 10.1. The zero-order valence-electron chi connectivity index (χ0n) is 13.2. The Labute approximate surface area is 131 Å². The first-order chi connectivity index (χ1) is 10.7. The first-order valence-electron chi connectivity index (χ1n) is 7.82. The van der Waals surface area contributed by atoms with Crippen LogP contribution in [0.15, 0.2) is 30.9 Å². The van der Waals surface area contributed by atoms with Gasteiger partial charge in [-0.3, -0.25) is 0 Å². The number of hydrogen-bond donors (Lipinski definition) is 1. The van der Waals surface area contributed by atoms with Gasteiger partial charge in [-0.2, -0.15) is 0 Å². The molecule has 1 atom stereocenters. The van der Waals surface area contributed by atoms with E-state index >= 15 is 0 Å². The number of rotatable bonds is 8. The molecule has 5 heteroatoms. The number of nitrogens with zero attached hydrogens (tertiary/aromatic N) is 3. The zero-order valence-corrected chi connectivity index (χ0v) is 13.2. The van der Waals surface area contributed by atoms with E-state index in [9.17, 15) is 5.11 Å². The number of phenols is 1. The molecule has 1 aromatic heterocycles. The van der Waals surface area contributed by atoms with Gasteiger partial charge in [0.05, 0.1) is 12.2 Å². The number of benzene rings is 1. The van der Waals surface area contributed by atoms with E-state index in [-0.39, 0.29) is 5.75 Å². The Balaban J connectivity index is 2.00. The predicted octanol–water partition coefficient (Wildman–Crippen LogP) is 3.84. The minimum atomic E-state index is 0.116. The number of ether oxygens (including phenoxy) is 1. The highest BCUT2D eigenvalue weighted by atomic mass is 16.5. The summed E-state index contributed by atoms with van der Waals surface area (Å²) >= 11 is 0. The van der Waals surface area contributed by atoms with E-state index in [0.717, 1.165) is 6.42 Å². The van der Waals surface area contributed by atoms with Gasteiger partial charge in [-0.15, -0.1) is 0 Å². The van der Waals surface area contributed by atoms with Gasteiger partial charge in [0.1, 0.15) is 24.2 Å². The van der Waals surface area contributed by atoms with Crippen molar-refractivity contribution >= 4 is 0 Å². The van der Waals surface area contributed by atoms with Crippen LogP contribution in [0, 0.1) is 5.92 Å². The molecule has 0 aliphatic heterocycles. The lowest BCUT2D eigenvalue weighted by molar-refractivity contribution is 0.232. The van der Waals surface area contributed by atoms with Crippen molar-refractivity contribution in [3.63, 3.8) is 0 Å². The van der Waals surface area contributed by atoms with E-state index in [1.807, 2.05) is 6.07 Å². The third-order valence-corrected chi connectivity index (χ3v) is 3.73. The summed E-state index contributed by atoms with van der Waals surface area (Å²) in [6, 6.07) is 5.23. The van der Waals surface area contributed by atoms with Crippen molar-refractivity contribution in [3.8, 4) is 22.9 Å². The fourth-order valence-electron chi connectivity index (χ4n) is 2.28. The summed E-state index contributed by atoms with van der Waals surface area (Å²) in [6.45, 7) is 5.07. The molecule has 0 aliphatic carbocycles. The molecular weight excluding hydrogens is 278 g/mol. The molecule has 1 aromatic carbocycles. The second-order valence-electron chi connectivity index (χ2n) is 5.37. The standard InChI is InChI=1S/C17H23N3O2/c1-3-5-6-13(4-2)10-22-14-7-8-15(16(21)9-14)17-19-11-18-12-20-17/h7-9,11-13,21H,3-6,10H2,1-2H3. The van der Waals surface area contributed by atoms with Crippen molar-refractivity contribution in [1.82, 2.24) is 15.0 Å². The molecular formula is C17H23N3O2. The Morgan fingerprint density at radius 2 is 1.95 bits per heavy atom. The molecule has 2 aromatic rings. The molecule has 5 nitrogen and oxygen atoms in total. The van der Waals surface area contributed by atoms with Crippen LogP contribution in [0.4, 0.5) is 0 Å². The summed E-state index contributed by atoms with van der Waals surface area (Å²) < 4.78 is 5.81. The van der Waals surface area contributed by atoms with Crippen LogP contribution < -0.4 is 4.74 Å². The molecule has 0 saturated carbocycles. The number of aromatic nitrogens is 3. The van der Waals surface area contributed by atoms with Crippen LogP contribution in [0.3, 0.4) is 0 Å². The van der Waals surface area contributed by atoms with E-state index in [4.69, 9.17) is 4.74 Å². The normalized spacial score (nSPS) is 12.1. The summed E-state index contributed by atoms with van der Waals surface area (Å²) in [6.07, 6.45) is 7.54. The molecule has 0 amide bonds. The number of aromatic hydroxyl groups is 1. The molecule has 0 spiro atoms. The predicted molar refractivity (Wildman–Crippen MR) is 85.7 cm³/mol. The molecule has 0 radical (unpaired) electrons. The second kappa shape index (κ2) is 8.32. The third kappa shape index (κ3) is 4.41. The average Bonchev–Trinajstić information content (AvgIpc) is 2.56. The summed E-state index contributed by atoms with van der Waals surface area (Å²) in [5.41, 5.74) is 0.577. The molecule has 118 valence electrons. The topological polar surface area (TPSA) is 68.1 Å². The quantitative estimate of drug-likeness (QED) is 0.802. The van der Waals surface area contributed by atoms with Crippen LogP contribution in [0.5, 0.6) is 11.5 Å². The Morgan fingerprint density at radius 1 is 1.18 bits per heavy atom. The van der Waals surface area contributed by atoms with Crippen LogP contribution in [0.1, 0.15) is 39.5 Å². The SMILES string of the molecule is CCCCC(CC)COc1ccc(-c2ncncn2)c(O)c1. The molecule has 1 unspecified atom stereocenters. The summed E-state index contributed by atoms with van der Waals surface area (Å²) in [5, 5.41) is 10.1. The van der Waals surface area contributed by atoms with Crippen molar-refractivity contribution in [2.75, 3.05) is 6.61 Å². The fraction of sp³-hybridized carbons (Fsp3) is 0.471. The van der Waals surface area contributed by atoms with E-state index < -0.39 is 0 Å². The Kier molecular flexibility index (Phi) is 6.13. The Hall–Kier alpha value is -2.17. The van der Waals surface area contributed by atoms with Gasteiger partial charge in [0.2, 0.25) is 0 Å². The lowest BCUT2D eigenvalue weighted by atomic mass is 10.0. The molecule has 1 heterocycles. The molecule has 2 rings (SSSR count). The van der Waals surface area contributed by atoms with Crippen molar-refractivity contribution < 1.29 is 9.84 Å². The number of unbranched alkanes of at least 4 members (excludes halogenated alkanes) is 1. The van der Waals surface area contributed by atoms with E-state index in [1.54, 1.807) is 12.1 Å². The lowest BCUT2D eigenvalue weighted by Crippen LogP contribution is -2.11. The summed E-state index contributed by atoms with van der Waals surface area (Å²) in [7, 11) is 0. The largest absolute Gasteiger partial charge is 0.507 e. The monoisotopic (exact) mass is 301 g/mol.